The Balaban J connectivity index is 2.70. The predicted molar refractivity (Wildman–Crippen MR) is 52.9 cm³/mol. The molecule has 1 radical (unpaired) electrons. The van der Waals surface area contributed by atoms with E-state index in [-0.39, 0.29) is 5.66 Å². The molecule has 12 heavy (non-hydrogen) atoms. The molecule has 0 amide bonds. The fourth-order valence-corrected chi connectivity index (χ4v) is 2.18. The van der Waals surface area contributed by atoms with Crippen molar-refractivity contribution in [1.82, 2.24) is 9.80 Å². The van der Waals surface area contributed by atoms with Crippen LogP contribution < -0.4 is 0 Å². The normalized spacial score (nSPS) is 23.5. The SMILES string of the molecule is CN(C)C1(N(C)C)[CH]CCCC1. The summed E-state index contributed by atoms with van der Waals surface area (Å²) in [5, 5.41) is 0. The minimum absolute atomic E-state index is 0.220. The lowest BCUT2D eigenvalue weighted by Gasteiger charge is -2.47. The van der Waals surface area contributed by atoms with Gasteiger partial charge in [-0.25, -0.2) is 0 Å². The molecule has 1 rings (SSSR count). The summed E-state index contributed by atoms with van der Waals surface area (Å²) in [5.74, 6) is 0. The van der Waals surface area contributed by atoms with E-state index < -0.39 is 0 Å². The van der Waals surface area contributed by atoms with Gasteiger partial charge in [-0.05, 0) is 47.5 Å². The van der Waals surface area contributed by atoms with Crippen molar-refractivity contribution in [3.8, 4) is 0 Å². The van der Waals surface area contributed by atoms with Gasteiger partial charge in [0.1, 0.15) is 0 Å². The Morgan fingerprint density at radius 1 is 1.00 bits per heavy atom. The molecule has 0 atom stereocenters. The molecule has 0 unspecified atom stereocenters. The number of nitrogens with zero attached hydrogens (tertiary/aromatic N) is 2. The lowest BCUT2D eigenvalue weighted by molar-refractivity contribution is 0.0113. The third-order valence-corrected chi connectivity index (χ3v) is 3.02. The van der Waals surface area contributed by atoms with Gasteiger partial charge in [0, 0.05) is 0 Å². The highest BCUT2D eigenvalue weighted by molar-refractivity contribution is 5.00. The summed E-state index contributed by atoms with van der Waals surface area (Å²) >= 11 is 0. The van der Waals surface area contributed by atoms with Crippen molar-refractivity contribution in [3.05, 3.63) is 6.42 Å². The second-order valence-electron chi connectivity index (χ2n) is 4.12. The third-order valence-electron chi connectivity index (χ3n) is 3.02. The van der Waals surface area contributed by atoms with Crippen LogP contribution in [0.25, 0.3) is 0 Å². The largest absolute Gasteiger partial charge is 0.291 e. The minimum atomic E-state index is 0.220. The first-order valence-corrected chi connectivity index (χ1v) is 4.79. The molecule has 1 aliphatic carbocycles. The Bertz CT molecular complexity index is 125. The van der Waals surface area contributed by atoms with Gasteiger partial charge >= 0.3 is 0 Å². The molecule has 0 N–H and O–H groups in total. The second kappa shape index (κ2) is 3.75. The van der Waals surface area contributed by atoms with Crippen LogP contribution in [0.1, 0.15) is 25.7 Å². The molecule has 71 valence electrons. The van der Waals surface area contributed by atoms with Crippen molar-refractivity contribution in [2.75, 3.05) is 28.2 Å². The van der Waals surface area contributed by atoms with Gasteiger partial charge in [-0.3, -0.25) is 9.80 Å². The molecule has 0 spiro atoms. The summed E-state index contributed by atoms with van der Waals surface area (Å²) < 4.78 is 0. The summed E-state index contributed by atoms with van der Waals surface area (Å²) in [7, 11) is 8.67. The molecular weight excluding hydrogens is 148 g/mol. The Morgan fingerprint density at radius 3 is 1.83 bits per heavy atom. The number of rotatable bonds is 2. The highest BCUT2D eigenvalue weighted by Gasteiger charge is 2.36. The number of hydrogen-bond donors (Lipinski definition) is 0. The van der Waals surface area contributed by atoms with E-state index in [0.29, 0.717) is 0 Å². The van der Waals surface area contributed by atoms with E-state index in [0.717, 1.165) is 0 Å². The maximum atomic E-state index is 2.45. The molecular formula is C10H21N2. The molecule has 0 heterocycles. The van der Waals surface area contributed by atoms with Gasteiger partial charge in [-0.1, -0.05) is 12.8 Å². The summed E-state index contributed by atoms with van der Waals surface area (Å²) in [6.45, 7) is 0. The number of hydrogen-bond acceptors (Lipinski definition) is 2. The van der Waals surface area contributed by atoms with Gasteiger partial charge in [-0.15, -0.1) is 0 Å². The average Bonchev–Trinajstić information content (AvgIpc) is 2.05. The molecule has 0 saturated heterocycles. The second-order valence-corrected chi connectivity index (χ2v) is 4.12. The van der Waals surface area contributed by atoms with Crippen LogP contribution in [0.5, 0.6) is 0 Å². The van der Waals surface area contributed by atoms with Crippen LogP contribution in [0.3, 0.4) is 0 Å². The van der Waals surface area contributed by atoms with Crippen molar-refractivity contribution in [2.24, 2.45) is 0 Å². The zero-order valence-corrected chi connectivity index (χ0v) is 8.80. The quantitative estimate of drug-likeness (QED) is 0.579. The highest BCUT2D eigenvalue weighted by atomic mass is 15.4. The standard InChI is InChI=1S/C10H21N2/c1-11(2)10(12(3)4)8-6-5-7-9-10/h8H,5-7,9H2,1-4H3. The zero-order valence-electron chi connectivity index (χ0n) is 8.80. The minimum Gasteiger partial charge on any atom is -0.291 e. The van der Waals surface area contributed by atoms with Gasteiger partial charge < -0.3 is 0 Å². The maximum Gasteiger partial charge on any atom is 0.0760 e. The summed E-state index contributed by atoms with van der Waals surface area (Å²) in [4.78, 5) is 4.65. The lowest BCUT2D eigenvalue weighted by Crippen LogP contribution is -2.56. The van der Waals surface area contributed by atoms with E-state index >= 15 is 0 Å². The van der Waals surface area contributed by atoms with Crippen molar-refractivity contribution < 1.29 is 0 Å². The van der Waals surface area contributed by atoms with Crippen molar-refractivity contribution in [2.45, 2.75) is 31.3 Å². The summed E-state index contributed by atoms with van der Waals surface area (Å²) in [5.41, 5.74) is 0.220. The molecule has 0 aromatic heterocycles. The van der Waals surface area contributed by atoms with Crippen LogP contribution in [0.4, 0.5) is 0 Å². The zero-order chi connectivity index (χ0) is 9.19. The molecule has 0 bridgehead atoms. The van der Waals surface area contributed by atoms with Crippen molar-refractivity contribution in [1.29, 1.82) is 0 Å². The van der Waals surface area contributed by atoms with E-state index in [1.165, 1.54) is 25.7 Å². The van der Waals surface area contributed by atoms with Crippen molar-refractivity contribution >= 4 is 0 Å². The van der Waals surface area contributed by atoms with Crippen molar-refractivity contribution in [3.63, 3.8) is 0 Å². The predicted octanol–water partition coefficient (Wildman–Crippen LogP) is 1.58. The Hall–Kier alpha value is -0.0800. The van der Waals surface area contributed by atoms with Crippen LogP contribution in [-0.4, -0.2) is 43.7 Å². The monoisotopic (exact) mass is 169 g/mol. The van der Waals surface area contributed by atoms with E-state index in [1.807, 2.05) is 0 Å². The van der Waals surface area contributed by atoms with Crippen LogP contribution in [0.15, 0.2) is 0 Å². The average molecular weight is 169 g/mol. The topological polar surface area (TPSA) is 6.48 Å². The van der Waals surface area contributed by atoms with Crippen LogP contribution in [-0.2, 0) is 0 Å². The molecule has 0 aromatic rings. The van der Waals surface area contributed by atoms with E-state index in [4.69, 9.17) is 0 Å². The Morgan fingerprint density at radius 2 is 1.58 bits per heavy atom. The first-order chi connectivity index (χ1) is 5.59. The van der Waals surface area contributed by atoms with Gasteiger partial charge in [-0.2, -0.15) is 0 Å². The molecule has 1 fully saturated rings. The molecule has 2 heteroatoms. The summed E-state index contributed by atoms with van der Waals surface area (Å²) in [6.07, 6.45) is 7.70. The first kappa shape index (κ1) is 10.0. The maximum absolute atomic E-state index is 2.45. The first-order valence-electron chi connectivity index (χ1n) is 4.79. The van der Waals surface area contributed by atoms with E-state index in [2.05, 4.69) is 44.4 Å². The molecule has 2 nitrogen and oxygen atoms in total. The van der Waals surface area contributed by atoms with Crippen LogP contribution in [0.2, 0.25) is 0 Å². The lowest BCUT2D eigenvalue weighted by atomic mass is 9.87. The fourth-order valence-electron chi connectivity index (χ4n) is 2.18. The Kier molecular flexibility index (Phi) is 3.13. The highest BCUT2D eigenvalue weighted by Crippen LogP contribution is 2.32. The molecule has 1 saturated carbocycles. The van der Waals surface area contributed by atoms with Crippen LogP contribution >= 0.6 is 0 Å². The molecule has 1 aliphatic rings. The Labute approximate surface area is 76.5 Å². The van der Waals surface area contributed by atoms with Gasteiger partial charge in [0.05, 0.1) is 5.66 Å². The van der Waals surface area contributed by atoms with Gasteiger partial charge in [0.2, 0.25) is 0 Å². The van der Waals surface area contributed by atoms with E-state index in [9.17, 15) is 0 Å². The van der Waals surface area contributed by atoms with Crippen LogP contribution in [0, 0.1) is 6.42 Å². The third kappa shape index (κ3) is 1.64. The smallest absolute Gasteiger partial charge is 0.0760 e. The van der Waals surface area contributed by atoms with Gasteiger partial charge in [0.25, 0.3) is 0 Å². The fraction of sp³-hybridized carbons (Fsp3) is 0.900. The molecule has 0 aliphatic heterocycles. The summed E-state index contributed by atoms with van der Waals surface area (Å²) in [6, 6.07) is 0. The van der Waals surface area contributed by atoms with Gasteiger partial charge in [0.15, 0.2) is 0 Å². The van der Waals surface area contributed by atoms with E-state index in [1.54, 1.807) is 0 Å². The molecule has 0 aromatic carbocycles.